The summed E-state index contributed by atoms with van der Waals surface area (Å²) in [6.45, 7) is 5.07. The van der Waals surface area contributed by atoms with Crippen molar-refractivity contribution in [1.82, 2.24) is 19.3 Å². The smallest absolute Gasteiger partial charge is 0.279 e. The molecule has 0 radical (unpaired) electrons. The van der Waals surface area contributed by atoms with Gasteiger partial charge in [-0.3, -0.25) is 19.2 Å². The molecule has 2 heterocycles. The Balaban J connectivity index is 1.67. The van der Waals surface area contributed by atoms with Gasteiger partial charge in [0.1, 0.15) is 17.2 Å². The van der Waals surface area contributed by atoms with Crippen molar-refractivity contribution in [3.63, 3.8) is 0 Å². The molecule has 4 aromatic rings. The summed E-state index contributed by atoms with van der Waals surface area (Å²) in [6.07, 6.45) is 2.27. The van der Waals surface area contributed by atoms with Crippen LogP contribution in [0.2, 0.25) is 0 Å². The predicted octanol–water partition coefficient (Wildman–Crippen LogP) is 4.08. The Morgan fingerprint density at radius 2 is 1.74 bits per heavy atom. The standard InChI is InChI=1S/C26H28FN7O/c1-17(2)16-34-23(28)22(26(35)33(34)3)25(32-21-7-5-4-6-8-21)29-13-18-9-11-19(12-10-18)24-30-14-20(27)15-31-24/h4-12,14-15,17H,13,16,28H2,1-3H3,(H,29,32). The predicted molar refractivity (Wildman–Crippen MR) is 137 cm³/mol. The lowest BCUT2D eigenvalue weighted by molar-refractivity contribution is 0.428. The van der Waals surface area contributed by atoms with E-state index < -0.39 is 5.82 Å². The van der Waals surface area contributed by atoms with Crippen LogP contribution in [-0.2, 0) is 20.1 Å². The summed E-state index contributed by atoms with van der Waals surface area (Å²) in [5, 5.41) is 3.27. The van der Waals surface area contributed by atoms with Gasteiger partial charge in [0, 0.05) is 24.8 Å². The van der Waals surface area contributed by atoms with E-state index in [2.05, 4.69) is 29.1 Å². The SMILES string of the molecule is CC(C)Cn1c(N)c(C(=NCc2ccc(-c3ncc(F)cn3)cc2)Nc2ccccc2)c(=O)n1C. The maximum absolute atomic E-state index is 13.2. The largest absolute Gasteiger partial charge is 0.383 e. The molecule has 2 aromatic heterocycles. The summed E-state index contributed by atoms with van der Waals surface area (Å²) in [4.78, 5) is 25.9. The zero-order valence-electron chi connectivity index (χ0n) is 19.9. The Morgan fingerprint density at radius 1 is 1.09 bits per heavy atom. The van der Waals surface area contributed by atoms with Crippen molar-refractivity contribution in [2.75, 3.05) is 11.1 Å². The molecule has 0 unspecified atom stereocenters. The molecule has 0 saturated carbocycles. The lowest BCUT2D eigenvalue weighted by Gasteiger charge is -2.13. The number of aromatic nitrogens is 4. The van der Waals surface area contributed by atoms with Crippen LogP contribution in [0.15, 0.2) is 76.8 Å². The van der Waals surface area contributed by atoms with Crippen LogP contribution in [0.1, 0.15) is 25.0 Å². The number of nitrogens with one attached hydrogen (secondary N) is 1. The maximum Gasteiger partial charge on any atom is 0.279 e. The minimum absolute atomic E-state index is 0.214. The number of halogens is 1. The van der Waals surface area contributed by atoms with Crippen LogP contribution in [0.3, 0.4) is 0 Å². The average Bonchev–Trinajstić information content (AvgIpc) is 3.06. The molecule has 0 bridgehead atoms. The van der Waals surface area contributed by atoms with Gasteiger partial charge in [-0.2, -0.15) is 0 Å². The number of rotatable bonds is 7. The first-order valence-electron chi connectivity index (χ1n) is 11.3. The molecule has 4 rings (SSSR count). The summed E-state index contributed by atoms with van der Waals surface area (Å²) in [5.41, 5.74) is 9.06. The molecule has 0 aliphatic carbocycles. The maximum atomic E-state index is 13.2. The van der Waals surface area contributed by atoms with Gasteiger partial charge in [-0.05, 0) is 23.6 Å². The highest BCUT2D eigenvalue weighted by Gasteiger charge is 2.21. The number of benzene rings is 2. The van der Waals surface area contributed by atoms with Crippen molar-refractivity contribution < 1.29 is 4.39 Å². The van der Waals surface area contributed by atoms with Gasteiger partial charge in [-0.1, -0.05) is 56.3 Å². The summed E-state index contributed by atoms with van der Waals surface area (Å²) >= 11 is 0. The van der Waals surface area contributed by atoms with Crippen LogP contribution >= 0.6 is 0 Å². The van der Waals surface area contributed by atoms with Crippen molar-refractivity contribution in [3.05, 3.63) is 94.3 Å². The van der Waals surface area contributed by atoms with E-state index in [0.29, 0.717) is 42.0 Å². The molecular formula is C26H28FN7O. The number of anilines is 2. The molecule has 0 atom stereocenters. The number of hydrogen-bond donors (Lipinski definition) is 2. The summed E-state index contributed by atoms with van der Waals surface area (Å²) in [6, 6.07) is 17.0. The van der Waals surface area contributed by atoms with Crippen molar-refractivity contribution in [1.29, 1.82) is 0 Å². The number of hydrogen-bond acceptors (Lipinski definition) is 5. The van der Waals surface area contributed by atoms with Crippen LogP contribution in [0.5, 0.6) is 0 Å². The number of nitrogen functional groups attached to an aromatic ring is 1. The van der Waals surface area contributed by atoms with Crippen LogP contribution in [0, 0.1) is 11.7 Å². The second-order valence-corrected chi connectivity index (χ2v) is 8.64. The van der Waals surface area contributed by atoms with Crippen LogP contribution in [-0.4, -0.2) is 25.2 Å². The van der Waals surface area contributed by atoms with Gasteiger partial charge >= 0.3 is 0 Å². The molecule has 0 aliphatic rings. The van der Waals surface area contributed by atoms with Gasteiger partial charge in [0.15, 0.2) is 11.6 Å². The molecule has 0 amide bonds. The Morgan fingerprint density at radius 3 is 2.37 bits per heavy atom. The molecule has 35 heavy (non-hydrogen) atoms. The van der Waals surface area contributed by atoms with Crippen molar-refractivity contribution in [3.8, 4) is 11.4 Å². The highest BCUT2D eigenvalue weighted by atomic mass is 19.1. The van der Waals surface area contributed by atoms with Gasteiger partial charge in [-0.25, -0.2) is 14.4 Å². The van der Waals surface area contributed by atoms with Crippen LogP contribution in [0.4, 0.5) is 15.9 Å². The highest BCUT2D eigenvalue weighted by molar-refractivity contribution is 6.10. The Labute approximate surface area is 203 Å². The van der Waals surface area contributed by atoms with Crippen LogP contribution < -0.4 is 16.6 Å². The average molecular weight is 474 g/mol. The van der Waals surface area contributed by atoms with Gasteiger partial charge in [0.05, 0.1) is 18.9 Å². The van der Waals surface area contributed by atoms with E-state index in [1.165, 1.54) is 4.68 Å². The second kappa shape index (κ2) is 10.3. The van der Waals surface area contributed by atoms with Crippen LogP contribution in [0.25, 0.3) is 11.4 Å². The summed E-state index contributed by atoms with van der Waals surface area (Å²) in [5.74, 6) is 1.05. The molecular weight excluding hydrogens is 445 g/mol. The quantitative estimate of drug-likeness (QED) is 0.311. The van der Waals surface area contributed by atoms with E-state index in [9.17, 15) is 9.18 Å². The molecule has 0 fully saturated rings. The topological polar surface area (TPSA) is 103 Å². The first-order chi connectivity index (χ1) is 16.8. The number of nitrogens with zero attached hydrogens (tertiary/aromatic N) is 5. The highest BCUT2D eigenvalue weighted by Crippen LogP contribution is 2.18. The molecule has 0 aliphatic heterocycles. The van der Waals surface area contributed by atoms with Gasteiger partial charge in [0.25, 0.3) is 5.56 Å². The third kappa shape index (κ3) is 5.46. The minimum Gasteiger partial charge on any atom is -0.383 e. The number of nitrogens with two attached hydrogens (primary N) is 1. The van der Waals surface area contributed by atoms with Crippen molar-refractivity contribution >= 4 is 17.3 Å². The zero-order valence-corrected chi connectivity index (χ0v) is 19.9. The molecule has 0 saturated heterocycles. The molecule has 8 nitrogen and oxygen atoms in total. The molecule has 9 heteroatoms. The summed E-state index contributed by atoms with van der Waals surface area (Å²) < 4.78 is 16.4. The van der Waals surface area contributed by atoms with E-state index in [4.69, 9.17) is 10.7 Å². The van der Waals surface area contributed by atoms with Gasteiger partial charge < -0.3 is 11.1 Å². The third-order valence-corrected chi connectivity index (χ3v) is 5.47. The fourth-order valence-corrected chi connectivity index (χ4v) is 3.69. The minimum atomic E-state index is -0.481. The lowest BCUT2D eigenvalue weighted by atomic mass is 10.1. The number of para-hydroxylation sites is 1. The molecule has 180 valence electrons. The monoisotopic (exact) mass is 473 g/mol. The van der Waals surface area contributed by atoms with Gasteiger partial charge in [0.2, 0.25) is 0 Å². The first kappa shape index (κ1) is 23.9. The molecule has 3 N–H and O–H groups in total. The lowest BCUT2D eigenvalue weighted by Crippen LogP contribution is -2.26. The molecule has 2 aromatic carbocycles. The van der Waals surface area contributed by atoms with E-state index in [0.717, 1.165) is 29.2 Å². The van der Waals surface area contributed by atoms with Crippen molar-refractivity contribution in [2.24, 2.45) is 18.0 Å². The zero-order chi connectivity index (χ0) is 24.9. The first-order valence-corrected chi connectivity index (χ1v) is 11.3. The van der Waals surface area contributed by atoms with E-state index in [1.54, 1.807) is 11.7 Å². The van der Waals surface area contributed by atoms with E-state index in [-0.39, 0.29) is 5.56 Å². The number of amidine groups is 1. The van der Waals surface area contributed by atoms with E-state index in [1.807, 2.05) is 54.6 Å². The normalized spacial score (nSPS) is 11.7. The summed E-state index contributed by atoms with van der Waals surface area (Å²) in [7, 11) is 1.71. The van der Waals surface area contributed by atoms with Gasteiger partial charge in [-0.15, -0.1) is 0 Å². The fraction of sp³-hybridized carbons (Fsp3) is 0.231. The van der Waals surface area contributed by atoms with Crippen molar-refractivity contribution in [2.45, 2.75) is 26.9 Å². The fourth-order valence-electron chi connectivity index (χ4n) is 3.69. The third-order valence-electron chi connectivity index (χ3n) is 5.47. The Kier molecular flexibility index (Phi) is 7.05. The Bertz CT molecular complexity index is 1370. The second-order valence-electron chi connectivity index (χ2n) is 8.64. The molecule has 0 spiro atoms. The van der Waals surface area contributed by atoms with E-state index >= 15 is 0 Å². The Hall–Kier alpha value is -4.27. The number of aliphatic imine (C=N–C) groups is 1.